The summed E-state index contributed by atoms with van der Waals surface area (Å²) in [5, 5.41) is 16.0. The van der Waals surface area contributed by atoms with E-state index in [2.05, 4.69) is 15.4 Å². The maximum absolute atomic E-state index is 12.1. The van der Waals surface area contributed by atoms with Crippen LogP contribution in [0, 0.1) is 23.7 Å². The van der Waals surface area contributed by atoms with Crippen LogP contribution in [0.25, 0.3) is 0 Å². The maximum atomic E-state index is 12.1. The SMILES string of the molecule is CC1C(C)[C@H](C(=O)NCCc2ncn(C)n2)[C@@H]1C(=O)O. The average molecular weight is 280 g/mol. The number of aryl methyl sites for hydroxylation is 1. The van der Waals surface area contributed by atoms with E-state index in [0.717, 1.165) is 0 Å². The van der Waals surface area contributed by atoms with Crippen molar-refractivity contribution >= 4 is 11.9 Å². The van der Waals surface area contributed by atoms with E-state index >= 15 is 0 Å². The maximum Gasteiger partial charge on any atom is 0.307 e. The van der Waals surface area contributed by atoms with E-state index < -0.39 is 17.8 Å². The molecule has 1 amide bonds. The smallest absolute Gasteiger partial charge is 0.307 e. The van der Waals surface area contributed by atoms with Crippen molar-refractivity contribution in [1.82, 2.24) is 20.1 Å². The van der Waals surface area contributed by atoms with Crippen LogP contribution in [0.4, 0.5) is 0 Å². The largest absolute Gasteiger partial charge is 0.481 e. The summed E-state index contributed by atoms with van der Waals surface area (Å²) in [6.45, 7) is 4.23. The Morgan fingerprint density at radius 3 is 2.55 bits per heavy atom. The molecule has 0 aliphatic heterocycles. The summed E-state index contributed by atoms with van der Waals surface area (Å²) in [6, 6.07) is 0. The molecule has 1 aromatic rings. The van der Waals surface area contributed by atoms with E-state index in [0.29, 0.717) is 18.8 Å². The highest BCUT2D eigenvalue weighted by molar-refractivity contribution is 5.87. The van der Waals surface area contributed by atoms with Crippen molar-refractivity contribution in [3.8, 4) is 0 Å². The number of hydrogen-bond acceptors (Lipinski definition) is 4. The fraction of sp³-hybridized carbons (Fsp3) is 0.692. The van der Waals surface area contributed by atoms with Gasteiger partial charge in [0, 0.05) is 20.0 Å². The summed E-state index contributed by atoms with van der Waals surface area (Å²) >= 11 is 0. The van der Waals surface area contributed by atoms with Crippen LogP contribution >= 0.6 is 0 Å². The fourth-order valence-corrected chi connectivity index (χ4v) is 2.86. The predicted octanol–water partition coefficient (Wildman–Crippen LogP) is 0.0766. The highest BCUT2D eigenvalue weighted by Crippen LogP contribution is 2.45. The van der Waals surface area contributed by atoms with Gasteiger partial charge in [-0.1, -0.05) is 13.8 Å². The molecule has 1 fully saturated rings. The Morgan fingerprint density at radius 1 is 1.35 bits per heavy atom. The number of carboxylic acids is 1. The quantitative estimate of drug-likeness (QED) is 0.796. The van der Waals surface area contributed by atoms with Crippen LogP contribution in [0.3, 0.4) is 0 Å². The molecule has 20 heavy (non-hydrogen) atoms. The second kappa shape index (κ2) is 5.60. The van der Waals surface area contributed by atoms with E-state index in [1.54, 1.807) is 18.1 Å². The molecule has 2 unspecified atom stereocenters. The molecule has 0 spiro atoms. The van der Waals surface area contributed by atoms with Crippen molar-refractivity contribution in [2.45, 2.75) is 20.3 Å². The van der Waals surface area contributed by atoms with E-state index in [9.17, 15) is 9.59 Å². The van der Waals surface area contributed by atoms with Gasteiger partial charge >= 0.3 is 5.97 Å². The van der Waals surface area contributed by atoms with Crippen LogP contribution in [-0.2, 0) is 23.1 Å². The highest BCUT2D eigenvalue weighted by Gasteiger charge is 2.52. The molecule has 1 saturated carbocycles. The molecule has 0 saturated heterocycles. The Balaban J connectivity index is 1.84. The summed E-state index contributed by atoms with van der Waals surface area (Å²) < 4.78 is 1.60. The van der Waals surface area contributed by atoms with Crippen LogP contribution in [0.2, 0.25) is 0 Å². The van der Waals surface area contributed by atoms with Gasteiger partial charge in [-0.3, -0.25) is 14.3 Å². The zero-order valence-electron chi connectivity index (χ0n) is 11.9. The molecule has 0 aromatic carbocycles. The molecule has 110 valence electrons. The lowest BCUT2D eigenvalue weighted by Gasteiger charge is -2.45. The summed E-state index contributed by atoms with van der Waals surface area (Å²) in [7, 11) is 1.78. The predicted molar refractivity (Wildman–Crippen MR) is 70.7 cm³/mol. The molecule has 0 radical (unpaired) electrons. The molecule has 2 rings (SSSR count). The molecule has 0 bridgehead atoms. The average Bonchev–Trinajstić information content (AvgIpc) is 2.79. The number of nitrogens with zero attached hydrogens (tertiary/aromatic N) is 3. The van der Waals surface area contributed by atoms with Crippen molar-refractivity contribution < 1.29 is 14.7 Å². The van der Waals surface area contributed by atoms with E-state index in [1.165, 1.54) is 0 Å². The highest BCUT2D eigenvalue weighted by atomic mass is 16.4. The Bertz CT molecular complexity index is 513. The number of carbonyl (C=O) groups is 2. The number of hydrogen-bond donors (Lipinski definition) is 2. The van der Waals surface area contributed by atoms with Crippen molar-refractivity contribution in [3.05, 3.63) is 12.2 Å². The van der Waals surface area contributed by atoms with Crippen molar-refractivity contribution in [3.63, 3.8) is 0 Å². The molecule has 2 N–H and O–H groups in total. The fourth-order valence-electron chi connectivity index (χ4n) is 2.86. The minimum absolute atomic E-state index is 0.0423. The molecule has 1 aliphatic rings. The lowest BCUT2D eigenvalue weighted by atomic mass is 9.57. The Labute approximate surface area is 117 Å². The molecular formula is C13H20N4O3. The number of carboxylic acid groups (broad SMARTS) is 1. The second-order valence-electron chi connectivity index (χ2n) is 5.48. The minimum atomic E-state index is -0.887. The summed E-state index contributed by atoms with van der Waals surface area (Å²) in [5.41, 5.74) is 0. The first-order valence-electron chi connectivity index (χ1n) is 6.77. The van der Waals surface area contributed by atoms with Crippen LogP contribution in [-0.4, -0.2) is 38.3 Å². The van der Waals surface area contributed by atoms with Gasteiger partial charge < -0.3 is 10.4 Å². The Kier molecular flexibility index (Phi) is 4.06. The third-order valence-corrected chi connectivity index (χ3v) is 4.23. The molecule has 1 aliphatic carbocycles. The van der Waals surface area contributed by atoms with E-state index in [-0.39, 0.29) is 17.7 Å². The molecular weight excluding hydrogens is 260 g/mol. The first kappa shape index (κ1) is 14.5. The molecule has 1 heterocycles. The Morgan fingerprint density at radius 2 is 2.00 bits per heavy atom. The Hall–Kier alpha value is -1.92. The van der Waals surface area contributed by atoms with Gasteiger partial charge in [0.15, 0.2) is 5.82 Å². The molecule has 1 aromatic heterocycles. The number of rotatable bonds is 5. The first-order chi connectivity index (χ1) is 9.41. The minimum Gasteiger partial charge on any atom is -0.481 e. The summed E-state index contributed by atoms with van der Waals surface area (Å²) in [4.78, 5) is 27.3. The number of aromatic nitrogens is 3. The van der Waals surface area contributed by atoms with Gasteiger partial charge in [-0.05, 0) is 11.8 Å². The van der Waals surface area contributed by atoms with Crippen LogP contribution in [0.1, 0.15) is 19.7 Å². The number of amides is 1. The van der Waals surface area contributed by atoms with Gasteiger partial charge in [0.2, 0.25) is 5.91 Å². The van der Waals surface area contributed by atoms with Gasteiger partial charge in [0.25, 0.3) is 0 Å². The zero-order chi connectivity index (χ0) is 14.9. The zero-order valence-corrected chi connectivity index (χ0v) is 11.9. The molecule has 7 nitrogen and oxygen atoms in total. The van der Waals surface area contributed by atoms with Gasteiger partial charge in [-0.15, -0.1) is 0 Å². The summed E-state index contributed by atoms with van der Waals surface area (Å²) in [5.74, 6) is -1.26. The van der Waals surface area contributed by atoms with E-state index in [4.69, 9.17) is 5.11 Å². The second-order valence-corrected chi connectivity index (χ2v) is 5.48. The lowest BCUT2D eigenvalue weighted by molar-refractivity contribution is -0.163. The van der Waals surface area contributed by atoms with E-state index in [1.807, 2.05) is 13.8 Å². The van der Waals surface area contributed by atoms with Crippen molar-refractivity contribution in [2.75, 3.05) is 6.54 Å². The summed E-state index contributed by atoms with van der Waals surface area (Å²) in [6.07, 6.45) is 2.15. The molecule has 7 heteroatoms. The van der Waals surface area contributed by atoms with Crippen LogP contribution < -0.4 is 5.32 Å². The third-order valence-electron chi connectivity index (χ3n) is 4.23. The van der Waals surface area contributed by atoms with Gasteiger partial charge in [0.1, 0.15) is 6.33 Å². The first-order valence-corrected chi connectivity index (χ1v) is 6.77. The topological polar surface area (TPSA) is 97.1 Å². The third kappa shape index (κ3) is 2.66. The number of nitrogens with one attached hydrogen (secondary N) is 1. The lowest BCUT2D eigenvalue weighted by Crippen LogP contribution is -2.55. The number of aliphatic carboxylic acids is 1. The molecule has 4 atom stereocenters. The van der Waals surface area contributed by atoms with Gasteiger partial charge in [-0.25, -0.2) is 4.98 Å². The normalized spacial score (nSPS) is 28.8. The van der Waals surface area contributed by atoms with Crippen molar-refractivity contribution in [1.29, 1.82) is 0 Å². The standard InChI is InChI=1S/C13H20N4O3/c1-7-8(2)11(13(19)20)10(7)12(18)14-5-4-9-15-6-17(3)16-9/h6-8,10-11H,4-5H2,1-3H3,(H,14,18)(H,19,20)/t7?,8?,10-,11+/m0/s1. The van der Waals surface area contributed by atoms with Gasteiger partial charge in [-0.2, -0.15) is 5.10 Å². The monoisotopic (exact) mass is 280 g/mol. The van der Waals surface area contributed by atoms with Crippen molar-refractivity contribution in [2.24, 2.45) is 30.7 Å². The van der Waals surface area contributed by atoms with Gasteiger partial charge in [0.05, 0.1) is 11.8 Å². The number of carbonyl (C=O) groups excluding carboxylic acids is 1. The van der Waals surface area contributed by atoms with Crippen LogP contribution in [0.5, 0.6) is 0 Å². The van der Waals surface area contributed by atoms with Crippen LogP contribution in [0.15, 0.2) is 6.33 Å².